The summed E-state index contributed by atoms with van der Waals surface area (Å²) in [6.07, 6.45) is 0.0984. The predicted molar refractivity (Wildman–Crippen MR) is 75.1 cm³/mol. The number of urea groups is 1. The van der Waals surface area contributed by atoms with Crippen LogP contribution in [0.4, 0.5) is 16.2 Å². The molecule has 0 spiro atoms. The van der Waals surface area contributed by atoms with Gasteiger partial charge in [0.1, 0.15) is 5.60 Å². The number of ether oxygens (including phenoxy) is 1. The normalized spacial score (nSPS) is 24.6. The third-order valence-electron chi connectivity index (χ3n) is 3.53. The van der Waals surface area contributed by atoms with Crippen LogP contribution in [-0.4, -0.2) is 40.9 Å². The van der Waals surface area contributed by atoms with Gasteiger partial charge in [-0.2, -0.15) is 0 Å². The Labute approximate surface area is 121 Å². The monoisotopic (exact) mass is 295 g/mol. The number of nitro groups is 1. The van der Waals surface area contributed by atoms with Crippen molar-refractivity contribution in [2.45, 2.75) is 25.0 Å². The highest BCUT2D eigenvalue weighted by Crippen LogP contribution is 2.24. The van der Waals surface area contributed by atoms with E-state index >= 15 is 0 Å². The van der Waals surface area contributed by atoms with Crippen molar-refractivity contribution in [2.24, 2.45) is 0 Å². The zero-order valence-electron chi connectivity index (χ0n) is 11.5. The van der Waals surface area contributed by atoms with Crippen molar-refractivity contribution in [1.29, 1.82) is 0 Å². The third-order valence-corrected chi connectivity index (χ3v) is 3.53. The summed E-state index contributed by atoms with van der Waals surface area (Å²) in [7, 11) is 0. The minimum atomic E-state index is -1.08. The number of carbonyl (C=O) groups excluding carboxylic acids is 1. The first-order valence-electron chi connectivity index (χ1n) is 6.54. The fourth-order valence-corrected chi connectivity index (χ4v) is 2.11. The van der Waals surface area contributed by atoms with Crippen LogP contribution in [-0.2, 0) is 4.74 Å². The molecular formula is C13H17N3O5. The molecule has 2 amide bonds. The highest BCUT2D eigenvalue weighted by molar-refractivity contribution is 5.89. The standard InChI is InChI=1S/C13H17N3O5/c1-9-13(18,5-6-21-9)8-14-12(17)15-10-3-2-4-11(7-10)16(19)20/h2-4,7,9,18H,5-6,8H2,1H3,(H2,14,15,17). The Morgan fingerprint density at radius 3 is 3.00 bits per heavy atom. The molecule has 21 heavy (non-hydrogen) atoms. The minimum absolute atomic E-state index is 0.0505. The van der Waals surface area contributed by atoms with Crippen molar-refractivity contribution in [2.75, 3.05) is 18.5 Å². The lowest BCUT2D eigenvalue weighted by Gasteiger charge is -2.26. The van der Waals surface area contributed by atoms with Crippen LogP contribution < -0.4 is 10.6 Å². The summed E-state index contributed by atoms with van der Waals surface area (Å²) in [6, 6.07) is 5.08. The summed E-state index contributed by atoms with van der Waals surface area (Å²) in [5, 5.41) is 25.9. The molecule has 1 aromatic rings. The van der Waals surface area contributed by atoms with E-state index in [0.717, 1.165) is 0 Å². The summed E-state index contributed by atoms with van der Waals surface area (Å²) in [5.74, 6) is 0. The number of carbonyl (C=O) groups is 1. The summed E-state index contributed by atoms with van der Waals surface area (Å²) >= 11 is 0. The van der Waals surface area contributed by atoms with Crippen LogP contribution in [0.5, 0.6) is 0 Å². The van der Waals surface area contributed by atoms with Crippen molar-refractivity contribution in [3.63, 3.8) is 0 Å². The van der Waals surface area contributed by atoms with Crippen LogP contribution in [0.2, 0.25) is 0 Å². The van der Waals surface area contributed by atoms with Crippen molar-refractivity contribution >= 4 is 17.4 Å². The average molecular weight is 295 g/mol. The lowest BCUT2D eigenvalue weighted by atomic mass is 9.97. The van der Waals surface area contributed by atoms with E-state index in [4.69, 9.17) is 4.74 Å². The first-order chi connectivity index (χ1) is 9.90. The van der Waals surface area contributed by atoms with Gasteiger partial charge in [-0.25, -0.2) is 4.79 Å². The number of anilines is 1. The zero-order valence-corrected chi connectivity index (χ0v) is 11.5. The number of nitro benzene ring substituents is 1. The molecule has 114 valence electrons. The molecule has 1 fully saturated rings. The van der Waals surface area contributed by atoms with Gasteiger partial charge in [-0.3, -0.25) is 10.1 Å². The minimum Gasteiger partial charge on any atom is -0.385 e. The fraction of sp³-hybridized carbons (Fsp3) is 0.462. The maximum atomic E-state index is 11.8. The maximum Gasteiger partial charge on any atom is 0.319 e. The van der Waals surface area contributed by atoms with E-state index in [1.54, 1.807) is 13.0 Å². The van der Waals surface area contributed by atoms with E-state index in [2.05, 4.69) is 10.6 Å². The highest BCUT2D eigenvalue weighted by Gasteiger charge is 2.39. The molecule has 1 saturated heterocycles. The number of amides is 2. The van der Waals surface area contributed by atoms with Gasteiger partial charge in [0.15, 0.2) is 0 Å². The predicted octanol–water partition coefficient (Wildman–Crippen LogP) is 1.26. The van der Waals surface area contributed by atoms with Gasteiger partial charge < -0.3 is 20.5 Å². The second-order valence-electron chi connectivity index (χ2n) is 4.98. The first-order valence-corrected chi connectivity index (χ1v) is 6.54. The summed E-state index contributed by atoms with van der Waals surface area (Å²) in [5.41, 5.74) is -0.881. The summed E-state index contributed by atoms with van der Waals surface area (Å²) in [4.78, 5) is 21.9. The number of nitrogens with one attached hydrogen (secondary N) is 2. The van der Waals surface area contributed by atoms with E-state index in [1.807, 2.05) is 0 Å². The average Bonchev–Trinajstić information content (AvgIpc) is 2.77. The van der Waals surface area contributed by atoms with Gasteiger partial charge in [0.05, 0.1) is 17.6 Å². The van der Waals surface area contributed by atoms with Crippen LogP contribution in [0.25, 0.3) is 0 Å². The fourth-order valence-electron chi connectivity index (χ4n) is 2.11. The number of hydrogen-bond donors (Lipinski definition) is 3. The number of benzene rings is 1. The molecule has 8 heteroatoms. The van der Waals surface area contributed by atoms with Gasteiger partial charge in [-0.1, -0.05) is 6.07 Å². The van der Waals surface area contributed by atoms with E-state index in [-0.39, 0.29) is 18.3 Å². The number of aliphatic hydroxyl groups is 1. The molecule has 0 aromatic heterocycles. The van der Waals surface area contributed by atoms with Gasteiger partial charge in [-0.15, -0.1) is 0 Å². The topological polar surface area (TPSA) is 114 Å². The lowest BCUT2D eigenvalue weighted by Crippen LogP contribution is -2.48. The van der Waals surface area contributed by atoms with E-state index < -0.39 is 16.6 Å². The van der Waals surface area contributed by atoms with Crippen LogP contribution in [0.1, 0.15) is 13.3 Å². The molecule has 1 aliphatic heterocycles. The number of nitrogens with zero attached hydrogens (tertiary/aromatic N) is 1. The Balaban J connectivity index is 1.90. The molecule has 0 aliphatic carbocycles. The Hall–Kier alpha value is -2.19. The molecule has 3 N–H and O–H groups in total. The molecule has 2 unspecified atom stereocenters. The Morgan fingerprint density at radius 1 is 1.62 bits per heavy atom. The Bertz CT molecular complexity index is 550. The first kappa shape index (κ1) is 15.2. The second kappa shape index (κ2) is 6.06. The Kier molecular flexibility index (Phi) is 4.39. The summed E-state index contributed by atoms with van der Waals surface area (Å²) in [6.45, 7) is 2.24. The lowest BCUT2D eigenvalue weighted by molar-refractivity contribution is -0.384. The number of hydrogen-bond acceptors (Lipinski definition) is 5. The maximum absolute atomic E-state index is 11.8. The van der Waals surface area contributed by atoms with Gasteiger partial charge >= 0.3 is 6.03 Å². The van der Waals surface area contributed by atoms with Crippen LogP contribution in [0, 0.1) is 10.1 Å². The van der Waals surface area contributed by atoms with Gasteiger partial charge in [0, 0.05) is 30.8 Å². The number of rotatable bonds is 4. The molecule has 0 radical (unpaired) electrons. The van der Waals surface area contributed by atoms with Gasteiger partial charge in [0.2, 0.25) is 0 Å². The molecule has 0 saturated carbocycles. The second-order valence-corrected chi connectivity index (χ2v) is 4.98. The SMILES string of the molecule is CC1OCCC1(O)CNC(=O)Nc1cccc([N+](=O)[O-])c1. The molecule has 1 aliphatic rings. The third kappa shape index (κ3) is 3.67. The molecular weight excluding hydrogens is 278 g/mol. The van der Waals surface area contributed by atoms with Crippen molar-refractivity contribution in [1.82, 2.24) is 5.32 Å². The Morgan fingerprint density at radius 2 is 2.38 bits per heavy atom. The van der Waals surface area contributed by atoms with E-state index in [1.165, 1.54) is 18.2 Å². The van der Waals surface area contributed by atoms with Gasteiger partial charge in [0.25, 0.3) is 5.69 Å². The highest BCUT2D eigenvalue weighted by atomic mass is 16.6. The molecule has 8 nitrogen and oxygen atoms in total. The molecule has 2 atom stereocenters. The molecule has 2 rings (SSSR count). The van der Waals surface area contributed by atoms with Crippen LogP contribution in [0.3, 0.4) is 0 Å². The quantitative estimate of drug-likeness (QED) is 0.571. The molecule has 0 bridgehead atoms. The van der Waals surface area contributed by atoms with Crippen LogP contribution >= 0.6 is 0 Å². The molecule has 1 aromatic carbocycles. The van der Waals surface area contributed by atoms with E-state index in [9.17, 15) is 20.0 Å². The molecule has 1 heterocycles. The zero-order chi connectivity index (χ0) is 15.5. The van der Waals surface area contributed by atoms with Gasteiger partial charge in [-0.05, 0) is 13.0 Å². The van der Waals surface area contributed by atoms with E-state index in [0.29, 0.717) is 18.7 Å². The largest absolute Gasteiger partial charge is 0.385 e. The summed E-state index contributed by atoms with van der Waals surface area (Å²) < 4.78 is 5.26. The van der Waals surface area contributed by atoms with Crippen molar-refractivity contribution in [3.8, 4) is 0 Å². The smallest absolute Gasteiger partial charge is 0.319 e. The van der Waals surface area contributed by atoms with Crippen molar-refractivity contribution < 1.29 is 19.6 Å². The van der Waals surface area contributed by atoms with Crippen molar-refractivity contribution in [3.05, 3.63) is 34.4 Å². The number of non-ortho nitro benzene ring substituents is 1. The van der Waals surface area contributed by atoms with Crippen LogP contribution in [0.15, 0.2) is 24.3 Å².